The van der Waals surface area contributed by atoms with Crippen LogP contribution in [0.15, 0.2) is 18.2 Å². The van der Waals surface area contributed by atoms with Crippen molar-refractivity contribution in [3.8, 4) is 0 Å². The van der Waals surface area contributed by atoms with E-state index >= 15 is 0 Å². The maximum Gasteiger partial charge on any atom is 0.0535 e. The summed E-state index contributed by atoms with van der Waals surface area (Å²) in [6.45, 7) is 0. The van der Waals surface area contributed by atoms with E-state index in [-0.39, 0.29) is 0 Å². The SMILES string of the molecule is Clc1ccc2[c]s[c]c2c1. The predicted molar refractivity (Wildman–Crippen MR) is 44.5 cm³/mol. The van der Waals surface area contributed by atoms with E-state index in [0.29, 0.717) is 0 Å². The van der Waals surface area contributed by atoms with E-state index in [9.17, 15) is 0 Å². The van der Waals surface area contributed by atoms with E-state index in [4.69, 9.17) is 11.6 Å². The zero-order chi connectivity index (χ0) is 6.97. The van der Waals surface area contributed by atoms with E-state index in [2.05, 4.69) is 10.8 Å². The summed E-state index contributed by atoms with van der Waals surface area (Å²) in [6, 6.07) is 5.70. The van der Waals surface area contributed by atoms with Crippen molar-refractivity contribution in [2.24, 2.45) is 0 Å². The van der Waals surface area contributed by atoms with Crippen LogP contribution in [-0.4, -0.2) is 0 Å². The molecule has 48 valence electrons. The molecule has 1 aromatic carbocycles. The van der Waals surface area contributed by atoms with Gasteiger partial charge in [0.1, 0.15) is 0 Å². The van der Waals surface area contributed by atoms with Gasteiger partial charge in [-0.3, -0.25) is 0 Å². The second-order valence-corrected chi connectivity index (χ2v) is 3.04. The Morgan fingerprint density at radius 2 is 2.00 bits per heavy atom. The lowest BCUT2D eigenvalue weighted by Gasteiger charge is -1.87. The van der Waals surface area contributed by atoms with Crippen molar-refractivity contribution in [3.05, 3.63) is 34.0 Å². The number of fused-ring (bicyclic) bond motifs is 1. The van der Waals surface area contributed by atoms with Gasteiger partial charge in [-0.2, -0.15) is 0 Å². The van der Waals surface area contributed by atoms with Crippen molar-refractivity contribution >= 4 is 33.7 Å². The molecule has 0 aliphatic carbocycles. The molecule has 1 heterocycles. The fourth-order valence-corrected chi connectivity index (χ4v) is 1.62. The summed E-state index contributed by atoms with van der Waals surface area (Å²) in [5.74, 6) is 0. The van der Waals surface area contributed by atoms with Gasteiger partial charge in [-0.15, -0.1) is 11.3 Å². The number of hydrogen-bond donors (Lipinski definition) is 0. The molecule has 0 fully saturated rings. The number of halogens is 1. The Balaban J connectivity index is 2.86. The normalized spacial score (nSPS) is 10.5. The summed E-state index contributed by atoms with van der Waals surface area (Å²) < 4.78 is 0. The predicted octanol–water partition coefficient (Wildman–Crippen LogP) is 3.16. The molecule has 2 radical (unpaired) electrons. The van der Waals surface area contributed by atoms with Crippen molar-refractivity contribution in [2.45, 2.75) is 0 Å². The van der Waals surface area contributed by atoms with Crippen LogP contribution in [0.2, 0.25) is 5.02 Å². The first kappa shape index (κ1) is 6.20. The molecule has 0 saturated heterocycles. The third-order valence-corrected chi connectivity index (χ3v) is 2.18. The minimum atomic E-state index is 0.760. The Hall–Kier alpha value is -0.530. The quantitative estimate of drug-likeness (QED) is 0.564. The highest BCUT2D eigenvalue weighted by Crippen LogP contribution is 2.20. The molecular weight excluding hydrogens is 164 g/mol. The molecule has 2 aromatic rings. The van der Waals surface area contributed by atoms with Gasteiger partial charge in [0.25, 0.3) is 0 Å². The average Bonchev–Trinajstić information content (AvgIpc) is 2.33. The topological polar surface area (TPSA) is 0 Å². The summed E-state index contributed by atoms with van der Waals surface area (Å²) in [6.07, 6.45) is 0. The molecule has 0 spiro atoms. The molecule has 0 saturated carbocycles. The second kappa shape index (κ2) is 2.26. The maximum absolute atomic E-state index is 5.75. The van der Waals surface area contributed by atoms with Crippen LogP contribution in [0.25, 0.3) is 10.8 Å². The van der Waals surface area contributed by atoms with E-state index in [1.807, 2.05) is 18.2 Å². The third-order valence-electron chi connectivity index (χ3n) is 1.30. The number of thiophene rings is 1. The molecule has 0 amide bonds. The maximum atomic E-state index is 5.75. The highest BCUT2D eigenvalue weighted by Gasteiger charge is 1.94. The van der Waals surface area contributed by atoms with Gasteiger partial charge in [0.15, 0.2) is 0 Å². The lowest BCUT2D eigenvalue weighted by Crippen LogP contribution is -1.63. The van der Waals surface area contributed by atoms with Gasteiger partial charge in [-0.05, 0) is 12.1 Å². The Morgan fingerprint density at radius 1 is 1.20 bits per heavy atom. The van der Waals surface area contributed by atoms with Gasteiger partial charge in [0.2, 0.25) is 0 Å². The number of rotatable bonds is 0. The highest BCUT2D eigenvalue weighted by molar-refractivity contribution is 7.08. The van der Waals surface area contributed by atoms with Crippen LogP contribution >= 0.6 is 22.9 Å². The first-order chi connectivity index (χ1) is 4.86. The Bertz CT molecular complexity index is 351. The highest BCUT2D eigenvalue weighted by atomic mass is 35.5. The van der Waals surface area contributed by atoms with Gasteiger partial charge in [0.05, 0.1) is 10.8 Å². The van der Waals surface area contributed by atoms with E-state index in [1.165, 1.54) is 11.3 Å². The fourth-order valence-electron chi connectivity index (χ4n) is 0.825. The number of benzene rings is 1. The van der Waals surface area contributed by atoms with Crippen molar-refractivity contribution < 1.29 is 0 Å². The van der Waals surface area contributed by atoms with Crippen LogP contribution in [0.3, 0.4) is 0 Å². The van der Waals surface area contributed by atoms with Gasteiger partial charge >= 0.3 is 0 Å². The molecule has 0 aliphatic rings. The monoisotopic (exact) mass is 166 g/mol. The van der Waals surface area contributed by atoms with E-state index < -0.39 is 0 Å². The largest absolute Gasteiger partial charge is 0.132 e. The molecule has 10 heavy (non-hydrogen) atoms. The molecule has 0 aliphatic heterocycles. The summed E-state index contributed by atoms with van der Waals surface area (Å²) in [5, 5.41) is 9.04. The van der Waals surface area contributed by atoms with Crippen molar-refractivity contribution in [3.63, 3.8) is 0 Å². The standard InChI is InChI=1S/C8H3ClS/c9-8-2-1-6-4-10-5-7(6)3-8/h1-3H. The van der Waals surface area contributed by atoms with Crippen LogP contribution in [0.4, 0.5) is 0 Å². The van der Waals surface area contributed by atoms with Crippen LogP contribution in [0, 0.1) is 10.8 Å². The molecular formula is C8H3ClS. The van der Waals surface area contributed by atoms with Crippen LogP contribution in [-0.2, 0) is 0 Å². The van der Waals surface area contributed by atoms with Gasteiger partial charge in [-0.25, -0.2) is 0 Å². The Morgan fingerprint density at radius 3 is 2.90 bits per heavy atom. The Labute approximate surface area is 68.1 Å². The smallest absolute Gasteiger partial charge is 0.0535 e. The minimum absolute atomic E-state index is 0.760. The first-order valence-corrected chi connectivity index (χ1v) is 4.03. The first-order valence-electron chi connectivity index (χ1n) is 2.84. The minimum Gasteiger partial charge on any atom is -0.132 e. The van der Waals surface area contributed by atoms with Crippen LogP contribution in [0.5, 0.6) is 0 Å². The molecule has 2 heteroatoms. The molecule has 0 N–H and O–H groups in total. The second-order valence-electron chi connectivity index (χ2n) is 2.00. The molecule has 0 nitrogen and oxygen atoms in total. The summed E-state index contributed by atoms with van der Waals surface area (Å²) in [7, 11) is 0. The lowest BCUT2D eigenvalue weighted by atomic mass is 10.2. The molecule has 2 rings (SSSR count). The zero-order valence-electron chi connectivity index (χ0n) is 5.02. The molecule has 0 atom stereocenters. The van der Waals surface area contributed by atoms with Gasteiger partial charge < -0.3 is 0 Å². The van der Waals surface area contributed by atoms with E-state index in [0.717, 1.165) is 15.8 Å². The molecule has 0 bridgehead atoms. The summed E-state index contributed by atoms with van der Waals surface area (Å²) in [4.78, 5) is 0. The van der Waals surface area contributed by atoms with Crippen molar-refractivity contribution in [1.29, 1.82) is 0 Å². The number of hydrogen-bond acceptors (Lipinski definition) is 1. The van der Waals surface area contributed by atoms with Crippen molar-refractivity contribution in [1.82, 2.24) is 0 Å². The van der Waals surface area contributed by atoms with Crippen LogP contribution < -0.4 is 0 Å². The lowest BCUT2D eigenvalue weighted by molar-refractivity contribution is 1.83. The van der Waals surface area contributed by atoms with Crippen molar-refractivity contribution in [2.75, 3.05) is 0 Å². The van der Waals surface area contributed by atoms with Gasteiger partial charge in [-0.1, -0.05) is 17.7 Å². The summed E-state index contributed by atoms with van der Waals surface area (Å²) in [5.41, 5.74) is 0. The third kappa shape index (κ3) is 0.917. The van der Waals surface area contributed by atoms with Gasteiger partial charge in [0, 0.05) is 15.8 Å². The Kier molecular flexibility index (Phi) is 1.40. The fraction of sp³-hybridized carbons (Fsp3) is 0. The van der Waals surface area contributed by atoms with Crippen LogP contribution in [0.1, 0.15) is 0 Å². The van der Waals surface area contributed by atoms with E-state index in [1.54, 1.807) is 0 Å². The molecule has 0 unspecified atom stereocenters. The molecule has 1 aromatic heterocycles. The summed E-state index contributed by atoms with van der Waals surface area (Å²) >= 11 is 7.20. The zero-order valence-corrected chi connectivity index (χ0v) is 6.59. The average molecular weight is 167 g/mol.